The Bertz CT molecular complexity index is 776. The molecule has 2 aromatic rings. The Kier molecular flexibility index (Phi) is 4.30. The van der Waals surface area contributed by atoms with Crippen molar-refractivity contribution in [1.29, 1.82) is 0 Å². The van der Waals surface area contributed by atoms with Crippen molar-refractivity contribution in [3.05, 3.63) is 12.7 Å². The summed E-state index contributed by atoms with van der Waals surface area (Å²) < 4.78 is 17.7. The quantitative estimate of drug-likeness (QED) is 0.785. The van der Waals surface area contributed by atoms with Gasteiger partial charge in [0.25, 0.3) is 0 Å². The minimum atomic E-state index is -0.700. The van der Waals surface area contributed by atoms with Crippen molar-refractivity contribution >= 4 is 23.1 Å². The first kappa shape index (κ1) is 16.1. The summed E-state index contributed by atoms with van der Waals surface area (Å²) in [6.07, 6.45) is 1.24. The van der Waals surface area contributed by atoms with E-state index < -0.39 is 30.4 Å². The van der Waals surface area contributed by atoms with Crippen LogP contribution in [0.4, 0.5) is 0 Å². The highest BCUT2D eigenvalue weighted by Crippen LogP contribution is 2.34. The topological polar surface area (TPSA) is 126 Å². The van der Waals surface area contributed by atoms with E-state index in [0.717, 1.165) is 0 Å². The zero-order valence-corrected chi connectivity index (χ0v) is 13.1. The van der Waals surface area contributed by atoms with Crippen LogP contribution < -0.4 is 0 Å². The maximum atomic E-state index is 11.4. The second kappa shape index (κ2) is 6.40. The summed E-state index contributed by atoms with van der Waals surface area (Å²) in [7, 11) is 0. The predicted octanol–water partition coefficient (Wildman–Crippen LogP) is 0.314. The van der Waals surface area contributed by atoms with Crippen molar-refractivity contribution in [3.8, 4) is 5.88 Å². The van der Waals surface area contributed by atoms with Crippen LogP contribution in [0.2, 0.25) is 0 Å². The fourth-order valence-corrected chi connectivity index (χ4v) is 2.62. The second-order valence-electron chi connectivity index (χ2n) is 5.36. The van der Waals surface area contributed by atoms with Gasteiger partial charge < -0.3 is 19.3 Å². The Hall–Kier alpha value is -2.75. The monoisotopic (exact) mass is 336 g/mol. The number of ether oxygens (including phenoxy) is 3. The molecule has 0 spiro atoms. The molecule has 24 heavy (non-hydrogen) atoms. The highest BCUT2D eigenvalue weighted by Gasteiger charge is 2.40. The van der Waals surface area contributed by atoms with E-state index in [1.165, 1.54) is 26.5 Å². The molecule has 1 saturated heterocycles. The molecule has 0 bridgehead atoms. The van der Waals surface area contributed by atoms with Gasteiger partial charge in [0.1, 0.15) is 19.0 Å². The summed E-state index contributed by atoms with van der Waals surface area (Å²) in [5.41, 5.74) is 0.559. The summed E-state index contributed by atoms with van der Waals surface area (Å²) in [4.78, 5) is 34.1. The van der Waals surface area contributed by atoms with Crippen LogP contribution in [0.1, 0.15) is 26.5 Å². The molecule has 3 rings (SSSR count). The Morgan fingerprint density at radius 3 is 2.83 bits per heavy atom. The summed E-state index contributed by atoms with van der Waals surface area (Å²) in [5.74, 6) is -1.13. The molecule has 0 unspecified atom stereocenters. The maximum Gasteiger partial charge on any atom is 0.303 e. The van der Waals surface area contributed by atoms with Crippen molar-refractivity contribution in [3.63, 3.8) is 0 Å². The highest BCUT2D eigenvalue weighted by atomic mass is 16.6. The van der Waals surface area contributed by atoms with Crippen LogP contribution in [0.15, 0.2) is 12.7 Å². The molecular formula is C14H16N4O6. The number of rotatable bonds is 4. The lowest BCUT2D eigenvalue weighted by Crippen LogP contribution is -2.24. The molecule has 10 nitrogen and oxygen atoms in total. The first-order chi connectivity index (χ1) is 11.5. The molecule has 0 aliphatic carbocycles. The molecule has 1 aliphatic rings. The fourth-order valence-electron chi connectivity index (χ4n) is 2.62. The number of fused-ring (bicyclic) bond motifs is 1. The predicted molar refractivity (Wildman–Crippen MR) is 77.7 cm³/mol. The average molecular weight is 336 g/mol. The molecule has 3 atom stereocenters. The first-order valence-corrected chi connectivity index (χ1v) is 7.28. The van der Waals surface area contributed by atoms with Gasteiger partial charge in [-0.2, -0.15) is 4.98 Å². The lowest BCUT2D eigenvalue weighted by atomic mass is 10.2. The smallest absolute Gasteiger partial charge is 0.303 e. The third-order valence-electron chi connectivity index (χ3n) is 3.55. The SMILES string of the molecule is CC(=O)OC[C@@H]1C[C@@H](OC(C)=O)[C@H](n2cnc3c(O)ncnc32)O1. The van der Waals surface area contributed by atoms with Crippen LogP contribution in [0, 0.1) is 0 Å². The van der Waals surface area contributed by atoms with Crippen molar-refractivity contribution < 1.29 is 28.9 Å². The number of hydrogen-bond donors (Lipinski definition) is 1. The third-order valence-corrected chi connectivity index (χ3v) is 3.55. The molecule has 0 radical (unpaired) electrons. The molecule has 0 amide bonds. The second-order valence-corrected chi connectivity index (χ2v) is 5.36. The fraction of sp³-hybridized carbons (Fsp3) is 0.500. The number of carbonyl (C=O) groups is 2. The van der Waals surface area contributed by atoms with Crippen LogP contribution in [-0.2, 0) is 23.8 Å². The normalized spacial score (nSPS) is 23.3. The third kappa shape index (κ3) is 3.13. The largest absolute Gasteiger partial charge is 0.492 e. The molecule has 10 heteroatoms. The summed E-state index contributed by atoms with van der Waals surface area (Å²) in [6.45, 7) is 2.66. The number of aromatic hydroxyl groups is 1. The Labute approximate surface area is 136 Å². The van der Waals surface area contributed by atoms with Gasteiger partial charge in [-0.15, -0.1) is 0 Å². The Balaban J connectivity index is 1.88. The Morgan fingerprint density at radius 1 is 1.33 bits per heavy atom. The van der Waals surface area contributed by atoms with Crippen molar-refractivity contribution in [1.82, 2.24) is 19.5 Å². The van der Waals surface area contributed by atoms with Crippen molar-refractivity contribution in [2.45, 2.75) is 38.7 Å². The number of esters is 2. The van der Waals surface area contributed by atoms with Gasteiger partial charge in [-0.25, -0.2) is 9.97 Å². The van der Waals surface area contributed by atoms with E-state index >= 15 is 0 Å². The van der Waals surface area contributed by atoms with Gasteiger partial charge >= 0.3 is 11.9 Å². The molecule has 1 N–H and O–H groups in total. The van der Waals surface area contributed by atoms with Gasteiger partial charge in [0.2, 0.25) is 5.88 Å². The van der Waals surface area contributed by atoms with Gasteiger partial charge in [-0.1, -0.05) is 0 Å². The number of imidazole rings is 1. The van der Waals surface area contributed by atoms with Crippen molar-refractivity contribution in [2.75, 3.05) is 6.61 Å². The van der Waals surface area contributed by atoms with Crippen LogP contribution >= 0.6 is 0 Å². The van der Waals surface area contributed by atoms with Gasteiger partial charge in [-0.3, -0.25) is 14.2 Å². The average Bonchev–Trinajstić information content (AvgIpc) is 3.09. The van der Waals surface area contributed by atoms with E-state index in [0.29, 0.717) is 12.1 Å². The number of hydrogen-bond acceptors (Lipinski definition) is 9. The molecule has 1 aliphatic heterocycles. The van der Waals surface area contributed by atoms with Crippen LogP contribution in [0.3, 0.4) is 0 Å². The van der Waals surface area contributed by atoms with E-state index in [1.54, 1.807) is 4.57 Å². The minimum Gasteiger partial charge on any atom is -0.492 e. The molecule has 2 aromatic heterocycles. The van der Waals surface area contributed by atoms with E-state index in [2.05, 4.69) is 15.0 Å². The summed E-state index contributed by atoms with van der Waals surface area (Å²) in [6, 6.07) is 0. The van der Waals surface area contributed by atoms with E-state index in [-0.39, 0.29) is 18.0 Å². The molecular weight excluding hydrogens is 320 g/mol. The Morgan fingerprint density at radius 2 is 2.12 bits per heavy atom. The van der Waals surface area contributed by atoms with Gasteiger partial charge in [0.15, 0.2) is 17.4 Å². The summed E-state index contributed by atoms with van der Waals surface area (Å²) >= 11 is 0. The van der Waals surface area contributed by atoms with Gasteiger partial charge in [-0.05, 0) is 0 Å². The number of nitrogens with zero attached hydrogens (tertiary/aromatic N) is 4. The molecule has 3 heterocycles. The van der Waals surface area contributed by atoms with E-state index in [9.17, 15) is 14.7 Å². The molecule has 128 valence electrons. The van der Waals surface area contributed by atoms with Crippen molar-refractivity contribution in [2.24, 2.45) is 0 Å². The van der Waals surface area contributed by atoms with Gasteiger partial charge in [0.05, 0.1) is 12.4 Å². The lowest BCUT2D eigenvalue weighted by molar-refractivity contribution is -0.152. The summed E-state index contributed by atoms with van der Waals surface area (Å²) in [5, 5.41) is 9.73. The van der Waals surface area contributed by atoms with Crippen LogP contribution in [0.25, 0.3) is 11.2 Å². The molecule has 0 saturated carbocycles. The zero-order chi connectivity index (χ0) is 17.3. The highest BCUT2D eigenvalue weighted by molar-refractivity contribution is 5.75. The molecule has 1 fully saturated rings. The standard InChI is InChI=1S/C14H16N4O6/c1-7(19)22-4-9-3-10(23-8(2)20)14(24-9)18-6-17-11-12(18)15-5-16-13(11)21/h5-6,9-10,14H,3-4H2,1-2H3,(H,15,16,21)/t9-,10+,14+/m0/s1. The molecule has 0 aromatic carbocycles. The number of carbonyl (C=O) groups excluding carboxylic acids is 2. The minimum absolute atomic E-state index is 0.0520. The zero-order valence-electron chi connectivity index (χ0n) is 13.1. The number of aromatic nitrogens is 4. The lowest BCUT2D eigenvalue weighted by Gasteiger charge is -2.19. The van der Waals surface area contributed by atoms with Crippen LogP contribution in [0.5, 0.6) is 5.88 Å². The van der Waals surface area contributed by atoms with E-state index in [4.69, 9.17) is 14.2 Å². The van der Waals surface area contributed by atoms with Crippen LogP contribution in [-0.4, -0.2) is 55.4 Å². The van der Waals surface area contributed by atoms with Gasteiger partial charge in [0, 0.05) is 20.3 Å². The maximum absolute atomic E-state index is 11.4. The van der Waals surface area contributed by atoms with E-state index in [1.807, 2.05) is 0 Å². The first-order valence-electron chi connectivity index (χ1n) is 7.28.